The lowest BCUT2D eigenvalue weighted by Crippen LogP contribution is -2.48. The first-order chi connectivity index (χ1) is 33.3. The van der Waals surface area contributed by atoms with Gasteiger partial charge in [-0.05, 0) is 69.2 Å². The quantitative estimate of drug-likeness (QED) is 0.101. The van der Waals surface area contributed by atoms with E-state index in [2.05, 4.69) is 54.0 Å². The minimum absolute atomic E-state index is 0.00707. The number of nitrogens with zero attached hydrogens (tertiary/aromatic N) is 10. The van der Waals surface area contributed by atoms with E-state index in [1.807, 2.05) is 12.1 Å². The molecule has 2 aliphatic heterocycles. The Bertz CT molecular complexity index is 3070. The van der Waals surface area contributed by atoms with Gasteiger partial charge in [-0.25, -0.2) is 18.4 Å². The van der Waals surface area contributed by atoms with Crippen LogP contribution in [0, 0.1) is 0 Å². The summed E-state index contributed by atoms with van der Waals surface area (Å²) in [7, 11) is 0. The molecule has 362 valence electrons. The number of allylic oxidation sites excluding steroid dienone is 2. The lowest BCUT2D eigenvalue weighted by molar-refractivity contribution is 0.0936. The second-order valence-corrected chi connectivity index (χ2v) is 16.2. The normalized spacial score (nSPS) is 13.2. The SMILES string of the molecule is C=C1Cc2c(n(CCCC(F)F)c(=O)n(CCCCc3noc(-c4ccccn4)n3)c2=O)C(=O)N1.C=C1Cc2c(n(CCCCF)c(=O)n(CCCCc3noc(-c4ccccn4)n3)c2=O)C(=O)N1. The van der Waals surface area contributed by atoms with Crippen molar-refractivity contribution < 1.29 is 31.8 Å². The molecule has 0 unspecified atom stereocenters. The van der Waals surface area contributed by atoms with Crippen LogP contribution in [0.4, 0.5) is 13.2 Å². The Balaban J connectivity index is 0.000000204. The fourth-order valence-corrected chi connectivity index (χ4v) is 7.88. The molecule has 2 aliphatic rings. The average molecular weight is 955 g/mol. The van der Waals surface area contributed by atoms with Crippen LogP contribution in [0.25, 0.3) is 23.2 Å². The van der Waals surface area contributed by atoms with Crippen LogP contribution in [0.5, 0.6) is 0 Å². The highest BCUT2D eigenvalue weighted by atomic mass is 19.3. The number of aryl methyl sites for hydroxylation is 2. The summed E-state index contributed by atoms with van der Waals surface area (Å²) in [5.41, 5.74) is -0.0763. The monoisotopic (exact) mass is 954 g/mol. The van der Waals surface area contributed by atoms with Gasteiger partial charge in [-0.1, -0.05) is 35.6 Å². The first-order valence-electron chi connectivity index (χ1n) is 22.4. The highest BCUT2D eigenvalue weighted by Gasteiger charge is 2.30. The number of unbranched alkanes of at least 4 members (excludes halogenated alkanes) is 3. The van der Waals surface area contributed by atoms with Gasteiger partial charge >= 0.3 is 11.4 Å². The molecule has 0 saturated heterocycles. The standard InChI is InChI=1S/C23H24F2N6O4.C23H25FN6O4/c1-14-13-15-19(20(32)27-14)30(12-6-8-17(24)25)23(34)31(22(15)33)11-5-3-9-18-28-21(35-29-18)16-7-2-4-10-26-16;1-15-14-16-19(20(31)26-15)29(12-7-4-10-24)23(33)30(22(16)32)13-6-3-9-18-27-21(34-28-18)17-8-2-5-11-25-17/h2,4,7,10,17H,1,3,5-6,8-9,11-13H2,(H,27,32);2,5,8,11H,1,3-4,6-7,9-10,12-14H2,(H,26,31). The first-order valence-corrected chi connectivity index (χ1v) is 22.4. The summed E-state index contributed by atoms with van der Waals surface area (Å²) in [6.07, 6.45) is 4.27. The van der Waals surface area contributed by atoms with Crippen LogP contribution < -0.4 is 33.1 Å². The maximum absolute atomic E-state index is 13.1. The highest BCUT2D eigenvalue weighted by Crippen LogP contribution is 2.19. The van der Waals surface area contributed by atoms with Crippen molar-refractivity contribution in [2.24, 2.45) is 0 Å². The second-order valence-electron chi connectivity index (χ2n) is 16.2. The summed E-state index contributed by atoms with van der Waals surface area (Å²) in [5, 5.41) is 13.0. The molecular weight excluding hydrogens is 906 g/mol. The molecule has 0 aromatic carbocycles. The number of carbonyl (C=O) groups excluding carboxylic acids is 2. The Morgan fingerprint density at radius 3 is 1.45 bits per heavy atom. The summed E-state index contributed by atoms with van der Waals surface area (Å²) >= 11 is 0. The first kappa shape index (κ1) is 49.1. The molecule has 8 heterocycles. The van der Waals surface area contributed by atoms with E-state index in [1.54, 1.807) is 36.7 Å². The molecule has 8 rings (SSSR count). The van der Waals surface area contributed by atoms with Crippen molar-refractivity contribution in [1.82, 2.24) is 59.2 Å². The van der Waals surface area contributed by atoms with Crippen molar-refractivity contribution in [2.75, 3.05) is 6.67 Å². The van der Waals surface area contributed by atoms with E-state index in [4.69, 9.17) is 9.05 Å². The maximum Gasteiger partial charge on any atom is 0.331 e. The molecule has 6 aromatic rings. The Morgan fingerprint density at radius 2 is 1.03 bits per heavy atom. The van der Waals surface area contributed by atoms with Gasteiger partial charge in [0.05, 0.1) is 17.8 Å². The molecule has 20 nitrogen and oxygen atoms in total. The van der Waals surface area contributed by atoms with Crippen molar-refractivity contribution in [2.45, 2.75) is 110 Å². The zero-order valence-electron chi connectivity index (χ0n) is 37.5. The molecule has 0 spiro atoms. The maximum atomic E-state index is 13.1. The number of aromatic nitrogens is 10. The smallest absolute Gasteiger partial charge is 0.331 e. The number of carbonyl (C=O) groups is 2. The fourth-order valence-electron chi connectivity index (χ4n) is 7.88. The Kier molecular flexibility index (Phi) is 16.2. The predicted molar refractivity (Wildman–Crippen MR) is 242 cm³/mol. The zero-order chi connectivity index (χ0) is 49.0. The number of rotatable bonds is 20. The number of hydrogen-bond donors (Lipinski definition) is 2. The number of halogens is 3. The fraction of sp³-hybridized carbons (Fsp3) is 0.391. The zero-order valence-corrected chi connectivity index (χ0v) is 37.5. The van der Waals surface area contributed by atoms with E-state index in [0.29, 0.717) is 91.2 Å². The number of nitrogens with one attached hydrogen (secondary N) is 2. The van der Waals surface area contributed by atoms with Gasteiger partial charge in [-0.15, -0.1) is 0 Å². The molecule has 23 heteroatoms. The minimum Gasteiger partial charge on any atom is -0.332 e. The Hall–Kier alpha value is -7.85. The third-order valence-electron chi connectivity index (χ3n) is 11.2. The number of alkyl halides is 3. The largest absolute Gasteiger partial charge is 0.332 e. The van der Waals surface area contributed by atoms with Gasteiger partial charge < -0.3 is 19.7 Å². The van der Waals surface area contributed by atoms with Crippen LogP contribution in [0.3, 0.4) is 0 Å². The van der Waals surface area contributed by atoms with E-state index >= 15 is 0 Å². The van der Waals surface area contributed by atoms with Crippen LogP contribution in [0.15, 0.2) is 102 Å². The van der Waals surface area contributed by atoms with Gasteiger partial charge in [-0.3, -0.25) is 51.8 Å². The topological polar surface area (TPSA) is 250 Å². The lowest BCUT2D eigenvalue weighted by Gasteiger charge is -2.23. The molecule has 0 fully saturated rings. The third kappa shape index (κ3) is 11.8. The summed E-state index contributed by atoms with van der Waals surface area (Å²) < 4.78 is 53.0. The highest BCUT2D eigenvalue weighted by molar-refractivity contribution is 5.97. The van der Waals surface area contributed by atoms with Crippen LogP contribution in [-0.4, -0.2) is 73.4 Å². The molecule has 2 N–H and O–H groups in total. The Morgan fingerprint density at radius 1 is 0.594 bits per heavy atom. The third-order valence-corrected chi connectivity index (χ3v) is 11.2. The van der Waals surface area contributed by atoms with Crippen LogP contribution >= 0.6 is 0 Å². The molecule has 69 heavy (non-hydrogen) atoms. The van der Waals surface area contributed by atoms with E-state index in [1.165, 1.54) is 4.57 Å². The molecule has 0 atom stereocenters. The summed E-state index contributed by atoms with van der Waals surface area (Å²) in [4.78, 5) is 94.2. The molecule has 0 bridgehead atoms. The molecular formula is C46H49F3N12O8. The van der Waals surface area contributed by atoms with E-state index in [-0.39, 0.29) is 74.4 Å². The van der Waals surface area contributed by atoms with Crippen LogP contribution in [0.1, 0.15) is 95.1 Å². The van der Waals surface area contributed by atoms with Crippen molar-refractivity contribution >= 4 is 11.8 Å². The van der Waals surface area contributed by atoms with Crippen molar-refractivity contribution in [3.8, 4) is 23.2 Å². The second kappa shape index (κ2) is 22.8. The molecule has 6 aromatic heterocycles. The van der Waals surface area contributed by atoms with Crippen molar-refractivity contribution in [3.05, 3.63) is 149 Å². The van der Waals surface area contributed by atoms with Crippen LogP contribution in [-0.2, 0) is 51.9 Å². The van der Waals surface area contributed by atoms with Gasteiger partial charge in [0.2, 0.25) is 6.43 Å². The van der Waals surface area contributed by atoms with Gasteiger partial charge in [0.1, 0.15) is 22.8 Å². The molecule has 0 aliphatic carbocycles. The van der Waals surface area contributed by atoms with Gasteiger partial charge in [0.25, 0.3) is 34.7 Å². The average Bonchev–Trinajstić information content (AvgIpc) is 4.02. The minimum atomic E-state index is -2.52. The Labute approximate surface area is 390 Å². The summed E-state index contributed by atoms with van der Waals surface area (Å²) in [6.45, 7) is 7.28. The number of pyridine rings is 2. The van der Waals surface area contributed by atoms with Gasteiger partial charge in [0.15, 0.2) is 11.6 Å². The van der Waals surface area contributed by atoms with Gasteiger partial charge in [-0.2, -0.15) is 9.97 Å². The van der Waals surface area contributed by atoms with E-state index in [0.717, 1.165) is 13.7 Å². The molecule has 2 amide bonds. The molecule has 0 radical (unpaired) electrons. The lowest BCUT2D eigenvalue weighted by atomic mass is 10.0. The van der Waals surface area contributed by atoms with E-state index in [9.17, 15) is 41.9 Å². The molecule has 0 saturated carbocycles. The van der Waals surface area contributed by atoms with Crippen molar-refractivity contribution in [3.63, 3.8) is 0 Å². The predicted octanol–water partition coefficient (Wildman–Crippen LogP) is 4.35. The summed E-state index contributed by atoms with van der Waals surface area (Å²) in [6, 6.07) is 10.7. The number of hydrogen-bond acceptors (Lipinski definition) is 14. The van der Waals surface area contributed by atoms with Crippen LogP contribution in [0.2, 0.25) is 0 Å². The van der Waals surface area contributed by atoms with E-state index < -0.39 is 53.8 Å². The number of fused-ring (bicyclic) bond motifs is 2. The van der Waals surface area contributed by atoms with Crippen molar-refractivity contribution in [1.29, 1.82) is 0 Å². The van der Waals surface area contributed by atoms with Gasteiger partial charge in [0, 0.05) is 82.1 Å². The summed E-state index contributed by atoms with van der Waals surface area (Å²) in [5.74, 6) is 0.452. The number of amides is 2.